The molecule has 0 saturated carbocycles. The fraction of sp³-hybridized carbons (Fsp3) is 0.417. The van der Waals surface area contributed by atoms with Gasteiger partial charge in [0.15, 0.2) is 11.8 Å². The van der Waals surface area contributed by atoms with E-state index in [0.717, 1.165) is 4.57 Å². The Balaban J connectivity index is 2.50. The third-order valence-electron chi connectivity index (χ3n) is 3.21. The molecule has 0 aliphatic carbocycles. The number of hydrogen-bond donors (Lipinski definition) is 3. The summed E-state index contributed by atoms with van der Waals surface area (Å²) < 4.78 is 6.40. The van der Waals surface area contributed by atoms with Crippen molar-refractivity contribution < 1.29 is 14.9 Å². The van der Waals surface area contributed by atoms with Crippen molar-refractivity contribution in [1.29, 1.82) is 5.26 Å². The molecule has 8 nitrogen and oxygen atoms in total. The molecule has 0 bridgehead atoms. The molecule has 1 aromatic heterocycles. The maximum absolute atomic E-state index is 11.8. The number of terminal acetylenes is 1. The summed E-state index contributed by atoms with van der Waals surface area (Å²) in [5.41, 5.74) is 2.90. The Morgan fingerprint density at radius 3 is 2.90 bits per heavy atom. The lowest BCUT2D eigenvalue weighted by atomic mass is 9.91. The third kappa shape index (κ3) is 1.92. The first-order chi connectivity index (χ1) is 9.49. The molecule has 1 aliphatic rings. The van der Waals surface area contributed by atoms with Crippen LogP contribution in [0, 0.1) is 29.6 Å². The lowest BCUT2D eigenvalue weighted by Crippen LogP contribution is -2.43. The SMILES string of the molecule is C#C[C@]1(CO)O[C@@H](n2ccc(N)nc2=O)[C@@H](C#N)[C@@H]1O. The molecule has 0 radical (unpaired) electrons. The summed E-state index contributed by atoms with van der Waals surface area (Å²) in [7, 11) is 0. The van der Waals surface area contributed by atoms with Crippen LogP contribution >= 0.6 is 0 Å². The Hall–Kier alpha value is -2.39. The number of anilines is 1. The van der Waals surface area contributed by atoms with Gasteiger partial charge in [-0.15, -0.1) is 6.42 Å². The largest absolute Gasteiger partial charge is 0.392 e. The molecule has 8 heteroatoms. The average molecular weight is 276 g/mol. The highest BCUT2D eigenvalue weighted by Crippen LogP contribution is 2.40. The summed E-state index contributed by atoms with van der Waals surface area (Å²) in [5, 5.41) is 28.5. The first kappa shape index (κ1) is 14.0. The molecule has 2 rings (SSSR count). The van der Waals surface area contributed by atoms with Crippen LogP contribution in [0.25, 0.3) is 0 Å². The van der Waals surface area contributed by atoms with Crippen molar-refractivity contribution in [1.82, 2.24) is 9.55 Å². The zero-order valence-electron chi connectivity index (χ0n) is 10.3. The Bertz CT molecular complexity index is 659. The van der Waals surface area contributed by atoms with E-state index in [-0.39, 0.29) is 5.82 Å². The predicted octanol–water partition coefficient (Wildman–Crippen LogP) is -1.78. The van der Waals surface area contributed by atoms with E-state index in [2.05, 4.69) is 10.9 Å². The number of nitriles is 1. The third-order valence-corrected chi connectivity index (χ3v) is 3.21. The first-order valence-corrected chi connectivity index (χ1v) is 5.68. The summed E-state index contributed by atoms with van der Waals surface area (Å²) in [6, 6.07) is 3.17. The lowest BCUT2D eigenvalue weighted by Gasteiger charge is -2.23. The van der Waals surface area contributed by atoms with E-state index in [9.17, 15) is 15.0 Å². The minimum absolute atomic E-state index is 0.0173. The molecule has 4 N–H and O–H groups in total. The van der Waals surface area contributed by atoms with Crippen LogP contribution in [-0.4, -0.2) is 38.1 Å². The molecule has 0 aromatic carbocycles. The lowest BCUT2D eigenvalue weighted by molar-refractivity contribution is -0.0916. The predicted molar refractivity (Wildman–Crippen MR) is 66.8 cm³/mol. The highest BCUT2D eigenvalue weighted by molar-refractivity contribution is 5.25. The van der Waals surface area contributed by atoms with Gasteiger partial charge in [-0.1, -0.05) is 5.92 Å². The summed E-state index contributed by atoms with van der Waals surface area (Å²) in [6.07, 6.45) is 3.96. The van der Waals surface area contributed by atoms with E-state index < -0.39 is 36.1 Å². The van der Waals surface area contributed by atoms with Gasteiger partial charge in [0.25, 0.3) is 0 Å². The average Bonchev–Trinajstić information content (AvgIpc) is 2.71. The van der Waals surface area contributed by atoms with Gasteiger partial charge >= 0.3 is 5.69 Å². The van der Waals surface area contributed by atoms with Crippen LogP contribution in [0.4, 0.5) is 5.82 Å². The van der Waals surface area contributed by atoms with E-state index in [0.29, 0.717) is 0 Å². The molecule has 2 heterocycles. The second kappa shape index (κ2) is 4.94. The molecule has 1 saturated heterocycles. The fourth-order valence-corrected chi connectivity index (χ4v) is 2.08. The molecule has 0 unspecified atom stereocenters. The zero-order chi connectivity index (χ0) is 14.9. The number of aliphatic hydroxyl groups excluding tert-OH is 2. The van der Waals surface area contributed by atoms with Crippen LogP contribution in [0.5, 0.6) is 0 Å². The number of aliphatic hydroxyl groups is 2. The van der Waals surface area contributed by atoms with Gasteiger partial charge in [-0.05, 0) is 6.07 Å². The van der Waals surface area contributed by atoms with Gasteiger partial charge in [0.1, 0.15) is 17.8 Å². The smallest absolute Gasteiger partial charge is 0.351 e. The number of ether oxygens (including phenoxy) is 1. The maximum atomic E-state index is 11.8. The summed E-state index contributed by atoms with van der Waals surface area (Å²) >= 11 is 0. The van der Waals surface area contributed by atoms with Gasteiger partial charge in [-0.3, -0.25) is 4.57 Å². The van der Waals surface area contributed by atoms with Crippen molar-refractivity contribution in [2.45, 2.75) is 17.9 Å². The van der Waals surface area contributed by atoms with Crippen molar-refractivity contribution in [3.05, 3.63) is 22.7 Å². The zero-order valence-corrected chi connectivity index (χ0v) is 10.3. The number of aromatic nitrogens is 2. The molecule has 104 valence electrons. The minimum atomic E-state index is -1.73. The summed E-state index contributed by atoms with van der Waals surface area (Å²) in [5.74, 6) is 1.03. The maximum Gasteiger partial charge on any atom is 0.351 e. The van der Waals surface area contributed by atoms with E-state index in [1.807, 2.05) is 6.07 Å². The molecular weight excluding hydrogens is 264 g/mol. The van der Waals surface area contributed by atoms with Gasteiger partial charge in [0, 0.05) is 6.20 Å². The minimum Gasteiger partial charge on any atom is -0.392 e. The molecule has 0 spiro atoms. The Morgan fingerprint density at radius 2 is 2.40 bits per heavy atom. The molecule has 1 aliphatic heterocycles. The molecule has 1 fully saturated rings. The van der Waals surface area contributed by atoms with Crippen molar-refractivity contribution in [3.8, 4) is 18.4 Å². The van der Waals surface area contributed by atoms with Crippen LogP contribution in [0.3, 0.4) is 0 Å². The van der Waals surface area contributed by atoms with Crippen molar-refractivity contribution in [3.63, 3.8) is 0 Å². The standard InChI is InChI=1S/C12H12N4O4/c1-2-12(6-17)9(18)7(5-13)10(20-12)16-4-3-8(14)15-11(16)19/h1,3-4,7,9-10,17-18H,6H2,(H2,14,15,19)/t7-,9-,10+,12+/m0/s1. The number of hydrogen-bond acceptors (Lipinski definition) is 7. The molecule has 0 amide bonds. The highest BCUT2D eigenvalue weighted by atomic mass is 16.6. The second-order valence-corrected chi connectivity index (χ2v) is 4.34. The molecular formula is C12H12N4O4. The Kier molecular flexibility index (Phi) is 3.47. The van der Waals surface area contributed by atoms with E-state index >= 15 is 0 Å². The van der Waals surface area contributed by atoms with Crippen LogP contribution < -0.4 is 11.4 Å². The van der Waals surface area contributed by atoms with Crippen LogP contribution in [0.1, 0.15) is 6.23 Å². The van der Waals surface area contributed by atoms with E-state index in [1.54, 1.807) is 0 Å². The monoisotopic (exact) mass is 276 g/mol. The number of nitrogens with zero attached hydrogens (tertiary/aromatic N) is 3. The first-order valence-electron chi connectivity index (χ1n) is 5.68. The van der Waals surface area contributed by atoms with Crippen molar-refractivity contribution in [2.75, 3.05) is 12.3 Å². The quantitative estimate of drug-likeness (QED) is 0.543. The van der Waals surface area contributed by atoms with Crippen LogP contribution in [0.15, 0.2) is 17.1 Å². The van der Waals surface area contributed by atoms with Gasteiger partial charge in [-0.2, -0.15) is 10.2 Å². The Labute approximate surface area is 114 Å². The van der Waals surface area contributed by atoms with E-state index in [1.165, 1.54) is 12.3 Å². The topological polar surface area (TPSA) is 134 Å². The van der Waals surface area contributed by atoms with Crippen molar-refractivity contribution in [2.24, 2.45) is 5.92 Å². The highest BCUT2D eigenvalue weighted by Gasteiger charge is 2.55. The normalized spacial score (nSPS) is 32.5. The fourth-order valence-electron chi connectivity index (χ4n) is 2.08. The molecule has 4 atom stereocenters. The number of nitrogens with two attached hydrogens (primary N) is 1. The molecule has 20 heavy (non-hydrogen) atoms. The summed E-state index contributed by atoms with van der Waals surface area (Å²) in [4.78, 5) is 15.3. The van der Waals surface area contributed by atoms with Gasteiger partial charge < -0.3 is 20.7 Å². The van der Waals surface area contributed by atoms with Gasteiger partial charge in [0.2, 0.25) is 0 Å². The molecule has 1 aromatic rings. The number of nitrogen functional groups attached to an aromatic ring is 1. The summed E-state index contributed by atoms with van der Waals surface area (Å²) in [6.45, 7) is -0.684. The second-order valence-electron chi connectivity index (χ2n) is 4.34. The Morgan fingerprint density at radius 1 is 1.70 bits per heavy atom. The van der Waals surface area contributed by atoms with Gasteiger partial charge in [0.05, 0.1) is 12.7 Å². The van der Waals surface area contributed by atoms with Crippen LogP contribution in [-0.2, 0) is 4.74 Å². The number of rotatable bonds is 2. The van der Waals surface area contributed by atoms with Gasteiger partial charge in [-0.25, -0.2) is 4.79 Å². The van der Waals surface area contributed by atoms with Crippen molar-refractivity contribution >= 4 is 5.82 Å². The van der Waals surface area contributed by atoms with Crippen LogP contribution in [0.2, 0.25) is 0 Å². The van der Waals surface area contributed by atoms with E-state index in [4.69, 9.17) is 22.2 Å².